The summed E-state index contributed by atoms with van der Waals surface area (Å²) in [7, 11) is 1.36. The van der Waals surface area contributed by atoms with E-state index in [0.717, 1.165) is 25.7 Å². The van der Waals surface area contributed by atoms with Gasteiger partial charge in [-0.3, -0.25) is 4.79 Å². The van der Waals surface area contributed by atoms with Gasteiger partial charge in [-0.2, -0.15) is 0 Å². The molecule has 1 amide bonds. The topological polar surface area (TPSA) is 55.8 Å². The molecule has 1 aromatic rings. The summed E-state index contributed by atoms with van der Waals surface area (Å²) in [4.78, 5) is 26.6. The smallest absolute Gasteiger partial charge is 0.328 e. The minimum absolute atomic E-state index is 0.0868. The van der Waals surface area contributed by atoms with Crippen LogP contribution in [0.4, 0.5) is 0 Å². The second kappa shape index (κ2) is 7.83. The van der Waals surface area contributed by atoms with Gasteiger partial charge in [0, 0.05) is 17.1 Å². The molecule has 136 valence electrons. The molecule has 1 aliphatic carbocycles. The van der Waals surface area contributed by atoms with Gasteiger partial charge < -0.3 is 14.4 Å². The summed E-state index contributed by atoms with van der Waals surface area (Å²) in [6.07, 6.45) is 4.84. The predicted molar refractivity (Wildman–Crippen MR) is 95.0 cm³/mol. The lowest BCUT2D eigenvalue weighted by Crippen LogP contribution is -2.48. The number of methoxy groups -OCH3 is 1. The Morgan fingerprint density at radius 2 is 2.00 bits per heavy atom. The molecule has 3 atom stereocenters. The molecule has 1 aliphatic heterocycles. The summed E-state index contributed by atoms with van der Waals surface area (Å²) >= 11 is 12.0. The lowest BCUT2D eigenvalue weighted by atomic mass is 9.85. The van der Waals surface area contributed by atoms with Crippen LogP contribution in [0.5, 0.6) is 5.75 Å². The third-order valence-corrected chi connectivity index (χ3v) is 5.64. The van der Waals surface area contributed by atoms with Crippen molar-refractivity contribution in [2.24, 2.45) is 5.92 Å². The Labute approximate surface area is 157 Å². The molecule has 0 unspecified atom stereocenters. The highest BCUT2D eigenvalue weighted by molar-refractivity contribution is 6.34. The van der Waals surface area contributed by atoms with Crippen molar-refractivity contribution in [2.75, 3.05) is 13.7 Å². The number of nitrogens with zero attached hydrogens (tertiary/aromatic N) is 1. The van der Waals surface area contributed by atoms with Gasteiger partial charge >= 0.3 is 5.97 Å². The number of hydrogen-bond donors (Lipinski definition) is 0. The number of halogens is 2. The lowest BCUT2D eigenvalue weighted by Gasteiger charge is -2.33. The molecule has 0 radical (unpaired) electrons. The SMILES string of the molecule is COC(=O)[C@@H]1C[C@@H]2CCCC[C@H]2N1C(=O)COc1cc(Cl)ccc1Cl. The predicted octanol–water partition coefficient (Wildman–Crippen LogP) is 3.70. The van der Waals surface area contributed by atoms with Crippen molar-refractivity contribution in [2.45, 2.75) is 44.2 Å². The van der Waals surface area contributed by atoms with Crippen LogP contribution in [0.2, 0.25) is 10.0 Å². The number of hydrogen-bond acceptors (Lipinski definition) is 4. The highest BCUT2D eigenvalue weighted by Crippen LogP contribution is 2.40. The van der Waals surface area contributed by atoms with Crippen LogP contribution in [-0.4, -0.2) is 42.6 Å². The van der Waals surface area contributed by atoms with Gasteiger partial charge in [0.25, 0.3) is 5.91 Å². The van der Waals surface area contributed by atoms with Gasteiger partial charge in [0.1, 0.15) is 11.8 Å². The van der Waals surface area contributed by atoms with Crippen molar-refractivity contribution < 1.29 is 19.1 Å². The van der Waals surface area contributed by atoms with Gasteiger partial charge in [-0.05, 0) is 37.3 Å². The first-order valence-electron chi connectivity index (χ1n) is 8.48. The molecule has 7 heteroatoms. The van der Waals surface area contributed by atoms with E-state index in [-0.39, 0.29) is 24.5 Å². The highest BCUT2D eigenvalue weighted by Gasteiger charge is 2.47. The van der Waals surface area contributed by atoms with E-state index in [4.69, 9.17) is 32.7 Å². The number of ether oxygens (including phenoxy) is 2. The summed E-state index contributed by atoms with van der Waals surface area (Å²) < 4.78 is 10.5. The van der Waals surface area contributed by atoms with E-state index in [9.17, 15) is 9.59 Å². The Kier molecular flexibility index (Phi) is 5.74. The van der Waals surface area contributed by atoms with E-state index in [0.29, 0.717) is 28.1 Å². The maximum atomic E-state index is 12.8. The first-order valence-corrected chi connectivity index (χ1v) is 9.23. The fraction of sp³-hybridized carbons (Fsp3) is 0.556. The van der Waals surface area contributed by atoms with E-state index in [1.165, 1.54) is 7.11 Å². The van der Waals surface area contributed by atoms with Crippen LogP contribution < -0.4 is 4.74 Å². The van der Waals surface area contributed by atoms with Crippen molar-refractivity contribution in [3.05, 3.63) is 28.2 Å². The van der Waals surface area contributed by atoms with Crippen LogP contribution in [-0.2, 0) is 14.3 Å². The average Bonchev–Trinajstić information content (AvgIpc) is 3.01. The summed E-state index contributed by atoms with van der Waals surface area (Å²) in [6, 6.07) is 4.41. The normalized spacial score (nSPS) is 25.4. The monoisotopic (exact) mass is 385 g/mol. The Hall–Kier alpha value is -1.46. The van der Waals surface area contributed by atoms with E-state index >= 15 is 0 Å². The van der Waals surface area contributed by atoms with Crippen molar-refractivity contribution in [1.29, 1.82) is 0 Å². The molecular formula is C18H21Cl2NO4. The maximum absolute atomic E-state index is 12.8. The third kappa shape index (κ3) is 3.87. The van der Waals surface area contributed by atoms with E-state index in [2.05, 4.69) is 0 Å². The second-order valence-corrected chi connectivity index (χ2v) is 7.39. The quantitative estimate of drug-likeness (QED) is 0.741. The van der Waals surface area contributed by atoms with Gasteiger partial charge in [0.05, 0.1) is 12.1 Å². The zero-order valence-electron chi connectivity index (χ0n) is 14.0. The van der Waals surface area contributed by atoms with E-state index in [1.807, 2.05) is 0 Å². The molecule has 1 heterocycles. The van der Waals surface area contributed by atoms with Gasteiger partial charge in [0.2, 0.25) is 0 Å². The number of rotatable bonds is 4. The van der Waals surface area contributed by atoms with E-state index in [1.54, 1.807) is 23.1 Å². The highest BCUT2D eigenvalue weighted by atomic mass is 35.5. The number of benzene rings is 1. The number of fused-ring (bicyclic) bond motifs is 1. The van der Waals surface area contributed by atoms with Gasteiger partial charge in [0.15, 0.2) is 6.61 Å². The first-order chi connectivity index (χ1) is 12.0. The van der Waals surface area contributed by atoms with Crippen molar-refractivity contribution in [1.82, 2.24) is 4.90 Å². The van der Waals surface area contributed by atoms with Gasteiger partial charge in [-0.1, -0.05) is 36.0 Å². The summed E-state index contributed by atoms with van der Waals surface area (Å²) in [5.74, 6) is 0.137. The largest absolute Gasteiger partial charge is 0.482 e. The Morgan fingerprint density at radius 3 is 2.76 bits per heavy atom. The van der Waals surface area contributed by atoms with Crippen LogP contribution in [0, 0.1) is 5.92 Å². The Balaban J connectivity index is 1.73. The van der Waals surface area contributed by atoms with Gasteiger partial charge in [-0.25, -0.2) is 4.79 Å². The second-order valence-electron chi connectivity index (χ2n) is 6.55. The molecule has 1 saturated heterocycles. The molecule has 1 aromatic carbocycles. The van der Waals surface area contributed by atoms with Crippen molar-refractivity contribution in [3.8, 4) is 5.75 Å². The molecule has 3 rings (SSSR count). The van der Waals surface area contributed by atoms with Crippen LogP contribution in [0.15, 0.2) is 18.2 Å². The summed E-state index contributed by atoms with van der Waals surface area (Å²) in [6.45, 7) is -0.184. The van der Waals surface area contributed by atoms with Crippen molar-refractivity contribution in [3.63, 3.8) is 0 Å². The molecule has 25 heavy (non-hydrogen) atoms. The summed E-state index contributed by atoms with van der Waals surface area (Å²) in [5.41, 5.74) is 0. The van der Waals surface area contributed by atoms with Crippen LogP contribution in [0.25, 0.3) is 0 Å². The van der Waals surface area contributed by atoms with E-state index < -0.39 is 6.04 Å². The molecule has 0 spiro atoms. The fourth-order valence-corrected chi connectivity index (χ4v) is 4.30. The molecular weight excluding hydrogens is 365 g/mol. The zero-order chi connectivity index (χ0) is 18.0. The maximum Gasteiger partial charge on any atom is 0.328 e. The third-order valence-electron chi connectivity index (χ3n) is 5.09. The Bertz CT molecular complexity index is 666. The Morgan fingerprint density at radius 1 is 1.24 bits per heavy atom. The molecule has 0 aromatic heterocycles. The standard InChI is InChI=1S/C18H21Cl2NO4/c1-24-18(23)15-8-11-4-2-3-5-14(11)21(15)17(22)10-25-16-9-12(19)6-7-13(16)20/h6-7,9,11,14-15H,2-5,8,10H2,1H3/t11-,14+,15-/m0/s1. The summed E-state index contributed by atoms with van der Waals surface area (Å²) in [5, 5.41) is 0.867. The molecule has 2 fully saturated rings. The molecule has 2 aliphatic rings. The molecule has 1 saturated carbocycles. The fourth-order valence-electron chi connectivity index (χ4n) is 3.97. The van der Waals surface area contributed by atoms with Gasteiger partial charge in [-0.15, -0.1) is 0 Å². The zero-order valence-corrected chi connectivity index (χ0v) is 15.6. The lowest BCUT2D eigenvalue weighted by molar-refractivity contribution is -0.153. The average molecular weight is 386 g/mol. The van der Waals surface area contributed by atoms with Crippen LogP contribution >= 0.6 is 23.2 Å². The van der Waals surface area contributed by atoms with Crippen molar-refractivity contribution >= 4 is 35.1 Å². The molecule has 0 bridgehead atoms. The first kappa shape index (κ1) is 18.3. The number of carbonyl (C=O) groups is 2. The molecule has 5 nitrogen and oxygen atoms in total. The van der Waals surface area contributed by atoms with Crippen LogP contribution in [0.1, 0.15) is 32.1 Å². The number of carbonyl (C=O) groups excluding carboxylic acids is 2. The minimum Gasteiger partial charge on any atom is -0.482 e. The number of amides is 1. The number of esters is 1. The van der Waals surface area contributed by atoms with Crippen LogP contribution in [0.3, 0.4) is 0 Å². The number of likely N-dealkylation sites (tertiary alicyclic amines) is 1. The molecule has 0 N–H and O–H groups in total. The minimum atomic E-state index is -0.524.